The maximum atomic E-state index is 8.82. The van der Waals surface area contributed by atoms with Crippen LogP contribution in [-0.2, 0) is 0 Å². The summed E-state index contributed by atoms with van der Waals surface area (Å²) in [7, 11) is 0. The topological polar surface area (TPSA) is 29.5 Å². The zero-order valence-electron chi connectivity index (χ0n) is 15.8. The minimum atomic E-state index is 0.0912. The van der Waals surface area contributed by atoms with Gasteiger partial charge in [0, 0.05) is 0 Å². The molecule has 2 aromatic carbocycles. The van der Waals surface area contributed by atoms with Crippen LogP contribution in [0.4, 0.5) is 0 Å². The van der Waals surface area contributed by atoms with E-state index in [1.807, 2.05) is 18.2 Å². The highest BCUT2D eigenvalue weighted by atomic mass is 16.5. The van der Waals surface area contributed by atoms with Crippen molar-refractivity contribution in [3.05, 3.63) is 72.8 Å². The fourth-order valence-electron chi connectivity index (χ4n) is 3.26. The predicted octanol–water partition coefficient (Wildman–Crippen LogP) is 6.86. The molecule has 0 atom stereocenters. The van der Waals surface area contributed by atoms with E-state index >= 15 is 0 Å². The second kappa shape index (κ2) is 9.86. The fourth-order valence-corrected chi connectivity index (χ4v) is 3.26. The zero-order valence-corrected chi connectivity index (χ0v) is 15.8. The van der Waals surface area contributed by atoms with Crippen molar-refractivity contribution in [2.24, 2.45) is 0 Å². The third-order valence-electron chi connectivity index (χ3n) is 4.99. The summed E-state index contributed by atoms with van der Waals surface area (Å²) in [6, 6.07) is 15.1. The van der Waals surface area contributed by atoms with Gasteiger partial charge in [-0.1, -0.05) is 62.9 Å². The lowest BCUT2D eigenvalue weighted by atomic mass is 9.82. The summed E-state index contributed by atoms with van der Waals surface area (Å²) in [5, 5.41) is 8.82. The molecule has 0 unspecified atom stereocenters. The molecule has 2 nitrogen and oxygen atoms in total. The van der Waals surface area contributed by atoms with Gasteiger partial charge in [0.25, 0.3) is 0 Å². The molecule has 26 heavy (non-hydrogen) atoms. The first-order valence-corrected chi connectivity index (χ1v) is 9.44. The van der Waals surface area contributed by atoms with Crippen molar-refractivity contribution in [2.75, 3.05) is 0 Å². The molecular weight excluding hydrogens is 320 g/mol. The number of hydrogen-bond acceptors (Lipinski definition) is 2. The molecule has 1 fully saturated rings. The van der Waals surface area contributed by atoms with Gasteiger partial charge in [0.15, 0.2) is 0 Å². The molecule has 0 spiro atoms. The minimum Gasteiger partial charge on any atom is -0.508 e. The molecule has 0 radical (unpaired) electrons. The van der Waals surface area contributed by atoms with Gasteiger partial charge in [0.05, 0.1) is 0 Å². The van der Waals surface area contributed by atoms with Crippen LogP contribution in [0.5, 0.6) is 11.5 Å². The summed E-state index contributed by atoms with van der Waals surface area (Å²) in [5.74, 6) is 1.29. The van der Waals surface area contributed by atoms with Gasteiger partial charge in [-0.15, -0.1) is 0 Å². The normalized spacial score (nSPS) is 15.3. The van der Waals surface area contributed by atoms with E-state index in [9.17, 15) is 0 Å². The van der Waals surface area contributed by atoms with Gasteiger partial charge in [-0.25, -0.2) is 0 Å². The van der Waals surface area contributed by atoms with Gasteiger partial charge in [0.1, 0.15) is 17.1 Å². The van der Waals surface area contributed by atoms with Gasteiger partial charge in [-0.05, 0) is 67.5 Å². The van der Waals surface area contributed by atoms with Crippen LogP contribution in [0.1, 0.15) is 56.6 Å². The molecule has 0 bridgehead atoms. The van der Waals surface area contributed by atoms with Gasteiger partial charge >= 0.3 is 0 Å². The van der Waals surface area contributed by atoms with E-state index in [4.69, 9.17) is 9.84 Å². The lowest BCUT2D eigenvalue weighted by Crippen LogP contribution is -2.37. The number of hydrogen-bond donors (Lipinski definition) is 1. The molecule has 138 valence electrons. The van der Waals surface area contributed by atoms with E-state index in [1.54, 1.807) is 18.2 Å². The van der Waals surface area contributed by atoms with Crippen molar-refractivity contribution in [3.8, 4) is 11.5 Å². The van der Waals surface area contributed by atoms with Crippen LogP contribution < -0.4 is 4.74 Å². The Bertz CT molecular complexity index is 677. The SMILES string of the molecule is C=Cc1ccc(O)cc1.C=Cc1ccc(OC2(CC)CCCCC2)cc1. The van der Waals surface area contributed by atoms with E-state index in [-0.39, 0.29) is 5.60 Å². The number of ether oxygens (including phenoxy) is 1. The molecule has 1 N–H and O–H groups in total. The van der Waals surface area contributed by atoms with Crippen LogP contribution in [0.25, 0.3) is 12.2 Å². The van der Waals surface area contributed by atoms with E-state index in [1.165, 1.54) is 32.1 Å². The van der Waals surface area contributed by atoms with Crippen molar-refractivity contribution in [1.29, 1.82) is 0 Å². The molecule has 1 saturated carbocycles. The quantitative estimate of drug-likeness (QED) is 0.638. The highest BCUT2D eigenvalue weighted by molar-refractivity contribution is 5.48. The van der Waals surface area contributed by atoms with Crippen LogP contribution in [0, 0.1) is 0 Å². The van der Waals surface area contributed by atoms with E-state index in [2.05, 4.69) is 44.3 Å². The Labute approximate surface area is 157 Å². The van der Waals surface area contributed by atoms with Crippen LogP contribution >= 0.6 is 0 Å². The molecule has 1 aliphatic carbocycles. The van der Waals surface area contributed by atoms with Crippen LogP contribution in [-0.4, -0.2) is 10.7 Å². The van der Waals surface area contributed by atoms with E-state index in [0.717, 1.165) is 23.3 Å². The Morgan fingerprint density at radius 2 is 1.38 bits per heavy atom. The first kappa shape index (κ1) is 19.8. The molecule has 2 aromatic rings. The van der Waals surface area contributed by atoms with Crippen molar-refractivity contribution in [2.45, 2.75) is 51.0 Å². The lowest BCUT2D eigenvalue weighted by Gasteiger charge is -2.37. The predicted molar refractivity (Wildman–Crippen MR) is 111 cm³/mol. The van der Waals surface area contributed by atoms with Crippen molar-refractivity contribution in [1.82, 2.24) is 0 Å². The van der Waals surface area contributed by atoms with E-state index < -0.39 is 0 Å². The number of rotatable bonds is 5. The van der Waals surface area contributed by atoms with Gasteiger partial charge in [0.2, 0.25) is 0 Å². The smallest absolute Gasteiger partial charge is 0.120 e. The number of benzene rings is 2. The Morgan fingerprint density at radius 1 is 0.885 bits per heavy atom. The first-order valence-electron chi connectivity index (χ1n) is 9.44. The minimum absolute atomic E-state index is 0.0912. The summed E-state index contributed by atoms with van der Waals surface area (Å²) in [6.45, 7) is 9.58. The number of phenolic OH excluding ortho intramolecular Hbond substituents is 1. The Balaban J connectivity index is 0.000000228. The summed E-state index contributed by atoms with van der Waals surface area (Å²) < 4.78 is 6.26. The van der Waals surface area contributed by atoms with Crippen LogP contribution in [0.3, 0.4) is 0 Å². The fraction of sp³-hybridized carbons (Fsp3) is 0.333. The maximum absolute atomic E-state index is 8.82. The highest BCUT2D eigenvalue weighted by Gasteiger charge is 2.32. The van der Waals surface area contributed by atoms with Crippen LogP contribution in [0.2, 0.25) is 0 Å². The Morgan fingerprint density at radius 3 is 1.85 bits per heavy atom. The van der Waals surface area contributed by atoms with E-state index in [0.29, 0.717) is 5.75 Å². The average Bonchev–Trinajstić information content (AvgIpc) is 2.70. The molecule has 3 rings (SSSR count). The Kier molecular flexibility index (Phi) is 7.53. The zero-order chi connectivity index (χ0) is 18.8. The molecule has 0 aliphatic heterocycles. The largest absolute Gasteiger partial charge is 0.508 e. The molecule has 0 aromatic heterocycles. The van der Waals surface area contributed by atoms with Gasteiger partial charge in [-0.2, -0.15) is 0 Å². The van der Waals surface area contributed by atoms with Crippen LogP contribution in [0.15, 0.2) is 61.7 Å². The van der Waals surface area contributed by atoms with Gasteiger partial charge in [-0.3, -0.25) is 0 Å². The summed E-state index contributed by atoms with van der Waals surface area (Å²) in [4.78, 5) is 0. The molecule has 0 saturated heterocycles. The molecular formula is C24H30O2. The first-order chi connectivity index (χ1) is 12.6. The lowest BCUT2D eigenvalue weighted by molar-refractivity contribution is 0.0265. The standard InChI is InChI=1S/C16H22O.C8H8O/c1-3-14-8-10-15(11-9-14)17-16(4-2)12-6-5-7-13-16;1-2-7-3-5-8(9)6-4-7/h3,8-11H,1,4-7,12-13H2,2H3;2-6,9H,1H2. The highest BCUT2D eigenvalue weighted by Crippen LogP contribution is 2.35. The second-order valence-corrected chi connectivity index (χ2v) is 6.77. The van der Waals surface area contributed by atoms with Crippen molar-refractivity contribution < 1.29 is 9.84 Å². The summed E-state index contributed by atoms with van der Waals surface area (Å²) in [5.41, 5.74) is 2.26. The molecule has 0 heterocycles. The average molecular weight is 351 g/mol. The summed E-state index contributed by atoms with van der Waals surface area (Å²) in [6.07, 6.45) is 11.1. The monoisotopic (exact) mass is 350 g/mol. The molecule has 1 aliphatic rings. The van der Waals surface area contributed by atoms with Crippen molar-refractivity contribution in [3.63, 3.8) is 0 Å². The van der Waals surface area contributed by atoms with Crippen molar-refractivity contribution >= 4 is 12.2 Å². The van der Waals surface area contributed by atoms with Gasteiger partial charge < -0.3 is 9.84 Å². The molecule has 0 amide bonds. The third-order valence-corrected chi connectivity index (χ3v) is 4.99. The summed E-state index contributed by atoms with van der Waals surface area (Å²) >= 11 is 0. The number of phenols is 1. The number of aromatic hydroxyl groups is 1. The second-order valence-electron chi connectivity index (χ2n) is 6.77. The Hall–Kier alpha value is -2.48. The molecule has 2 heteroatoms. The maximum Gasteiger partial charge on any atom is 0.120 e. The third kappa shape index (κ3) is 5.80.